The first kappa shape index (κ1) is 17.8. The lowest BCUT2D eigenvalue weighted by Gasteiger charge is -2.05. The number of ketones is 1. The normalized spacial score (nSPS) is 11.3. The van der Waals surface area contributed by atoms with Gasteiger partial charge in [0, 0.05) is 0 Å². The first-order chi connectivity index (χ1) is 11.2. The SMILES string of the molecule is CCOC(=O)c1nn(-c2ccc(S(N)(=O)=O)cc2)c(C)c1C(C)=O. The van der Waals surface area contributed by atoms with Crippen molar-refractivity contribution in [2.45, 2.75) is 25.7 Å². The number of hydrogen-bond acceptors (Lipinski definition) is 6. The summed E-state index contributed by atoms with van der Waals surface area (Å²) in [6, 6.07) is 5.61. The van der Waals surface area contributed by atoms with E-state index in [2.05, 4.69) is 5.10 Å². The van der Waals surface area contributed by atoms with E-state index in [0.717, 1.165) is 0 Å². The molecule has 0 aliphatic rings. The van der Waals surface area contributed by atoms with E-state index in [-0.39, 0.29) is 28.5 Å². The first-order valence-corrected chi connectivity index (χ1v) is 8.62. The van der Waals surface area contributed by atoms with Crippen LogP contribution in [0, 0.1) is 6.92 Å². The average molecular weight is 351 g/mol. The number of hydrogen-bond donors (Lipinski definition) is 1. The predicted molar refractivity (Wildman–Crippen MR) is 85.6 cm³/mol. The van der Waals surface area contributed by atoms with E-state index in [0.29, 0.717) is 11.4 Å². The van der Waals surface area contributed by atoms with Crippen LogP contribution in [0.15, 0.2) is 29.2 Å². The van der Waals surface area contributed by atoms with E-state index in [1.807, 2.05) is 0 Å². The van der Waals surface area contributed by atoms with Crippen LogP contribution in [0.5, 0.6) is 0 Å². The number of sulfonamides is 1. The second-order valence-corrected chi connectivity index (χ2v) is 6.60. The number of carbonyl (C=O) groups is 2. The van der Waals surface area contributed by atoms with Crippen molar-refractivity contribution in [2.24, 2.45) is 5.14 Å². The molecule has 0 fully saturated rings. The van der Waals surface area contributed by atoms with Gasteiger partial charge < -0.3 is 4.74 Å². The Morgan fingerprint density at radius 1 is 1.25 bits per heavy atom. The van der Waals surface area contributed by atoms with Gasteiger partial charge in [-0.1, -0.05) is 0 Å². The lowest BCUT2D eigenvalue weighted by Crippen LogP contribution is -2.12. The molecule has 0 bridgehead atoms. The molecule has 8 nitrogen and oxygen atoms in total. The number of nitrogens with zero attached hydrogens (tertiary/aromatic N) is 2. The number of aromatic nitrogens is 2. The van der Waals surface area contributed by atoms with Crippen molar-refractivity contribution in [3.8, 4) is 5.69 Å². The topological polar surface area (TPSA) is 121 Å². The van der Waals surface area contributed by atoms with Gasteiger partial charge in [0.15, 0.2) is 11.5 Å². The van der Waals surface area contributed by atoms with E-state index in [9.17, 15) is 18.0 Å². The number of esters is 1. The molecule has 2 aromatic rings. The summed E-state index contributed by atoms with van der Waals surface area (Å²) in [7, 11) is -3.81. The van der Waals surface area contributed by atoms with Crippen LogP contribution in [0.25, 0.3) is 5.69 Å². The van der Waals surface area contributed by atoms with Crippen molar-refractivity contribution in [1.82, 2.24) is 9.78 Å². The molecule has 2 rings (SSSR count). The molecule has 9 heteroatoms. The van der Waals surface area contributed by atoms with E-state index >= 15 is 0 Å². The van der Waals surface area contributed by atoms with Crippen molar-refractivity contribution >= 4 is 21.8 Å². The van der Waals surface area contributed by atoms with Gasteiger partial charge in [-0.3, -0.25) is 4.79 Å². The maximum atomic E-state index is 12.0. The molecule has 0 aliphatic carbocycles. The molecule has 24 heavy (non-hydrogen) atoms. The Balaban J connectivity index is 2.57. The molecule has 0 unspecified atom stereocenters. The summed E-state index contributed by atoms with van der Waals surface area (Å²) in [6.45, 7) is 4.79. The zero-order valence-corrected chi connectivity index (χ0v) is 14.3. The van der Waals surface area contributed by atoms with Gasteiger partial charge in [-0.2, -0.15) is 5.10 Å². The number of primary sulfonamides is 1. The molecular weight excluding hydrogens is 334 g/mol. The average Bonchev–Trinajstić information content (AvgIpc) is 2.84. The van der Waals surface area contributed by atoms with Crippen LogP contribution >= 0.6 is 0 Å². The molecule has 0 saturated heterocycles. The minimum Gasteiger partial charge on any atom is -0.461 e. The molecule has 0 radical (unpaired) electrons. The predicted octanol–water partition coefficient (Wildman–Crippen LogP) is 1.21. The van der Waals surface area contributed by atoms with E-state index < -0.39 is 16.0 Å². The Morgan fingerprint density at radius 3 is 2.29 bits per heavy atom. The van der Waals surface area contributed by atoms with Crippen molar-refractivity contribution in [2.75, 3.05) is 6.61 Å². The second kappa shape index (κ2) is 6.54. The largest absolute Gasteiger partial charge is 0.461 e. The lowest BCUT2D eigenvalue weighted by atomic mass is 10.1. The first-order valence-electron chi connectivity index (χ1n) is 7.07. The summed E-state index contributed by atoms with van der Waals surface area (Å²) < 4.78 is 28.9. The van der Waals surface area contributed by atoms with Crippen LogP contribution in [0.1, 0.15) is 40.4 Å². The van der Waals surface area contributed by atoms with Crippen LogP contribution in [0.4, 0.5) is 0 Å². The smallest absolute Gasteiger partial charge is 0.359 e. The molecular formula is C15H17N3O5S. The summed E-state index contributed by atoms with van der Waals surface area (Å²) in [5.74, 6) is -1.01. The molecule has 0 aliphatic heterocycles. The molecule has 0 atom stereocenters. The number of ether oxygens (including phenoxy) is 1. The Labute approximate surface area is 139 Å². The van der Waals surface area contributed by atoms with Crippen LogP contribution in [0.3, 0.4) is 0 Å². The van der Waals surface area contributed by atoms with Crippen LogP contribution < -0.4 is 5.14 Å². The van der Waals surface area contributed by atoms with Gasteiger partial charge >= 0.3 is 5.97 Å². The van der Waals surface area contributed by atoms with Gasteiger partial charge in [0.2, 0.25) is 10.0 Å². The van der Waals surface area contributed by atoms with Crippen LogP contribution in [-0.4, -0.2) is 36.6 Å². The van der Waals surface area contributed by atoms with E-state index in [1.54, 1.807) is 13.8 Å². The number of nitrogens with two attached hydrogens (primary N) is 1. The molecule has 0 spiro atoms. The summed E-state index contributed by atoms with van der Waals surface area (Å²) in [4.78, 5) is 23.8. The number of Topliss-reactive ketones (excluding diaryl/α,β-unsaturated/α-hetero) is 1. The third-order valence-electron chi connectivity index (χ3n) is 3.35. The number of carbonyl (C=O) groups excluding carboxylic acids is 2. The van der Waals surface area contributed by atoms with Crippen molar-refractivity contribution < 1.29 is 22.7 Å². The van der Waals surface area contributed by atoms with Gasteiger partial charge in [0.25, 0.3) is 0 Å². The third-order valence-corrected chi connectivity index (χ3v) is 4.28. The molecule has 1 heterocycles. The fourth-order valence-corrected chi connectivity index (χ4v) is 2.81. The summed E-state index contributed by atoms with van der Waals surface area (Å²) >= 11 is 0. The highest BCUT2D eigenvalue weighted by Gasteiger charge is 2.25. The zero-order valence-electron chi connectivity index (χ0n) is 13.4. The van der Waals surface area contributed by atoms with E-state index in [1.165, 1.54) is 35.9 Å². The zero-order chi connectivity index (χ0) is 18.1. The molecule has 0 saturated carbocycles. The van der Waals surface area contributed by atoms with Crippen molar-refractivity contribution in [1.29, 1.82) is 0 Å². The summed E-state index contributed by atoms with van der Waals surface area (Å²) in [5.41, 5.74) is 1.04. The van der Waals surface area contributed by atoms with Crippen molar-refractivity contribution in [3.63, 3.8) is 0 Å². The fourth-order valence-electron chi connectivity index (χ4n) is 2.29. The monoisotopic (exact) mass is 351 g/mol. The summed E-state index contributed by atoms with van der Waals surface area (Å²) in [6.07, 6.45) is 0. The summed E-state index contributed by atoms with van der Waals surface area (Å²) in [5, 5.41) is 9.21. The van der Waals surface area contributed by atoms with Crippen LogP contribution in [0.2, 0.25) is 0 Å². The Morgan fingerprint density at radius 2 is 1.83 bits per heavy atom. The Bertz CT molecular complexity index is 898. The maximum absolute atomic E-state index is 12.0. The molecule has 2 N–H and O–H groups in total. The highest BCUT2D eigenvalue weighted by atomic mass is 32.2. The molecule has 0 amide bonds. The molecule has 1 aromatic carbocycles. The van der Waals surface area contributed by atoms with Crippen molar-refractivity contribution in [3.05, 3.63) is 41.2 Å². The quantitative estimate of drug-likeness (QED) is 0.638. The van der Waals surface area contributed by atoms with Gasteiger partial charge in [-0.15, -0.1) is 0 Å². The Kier molecular flexibility index (Phi) is 4.86. The van der Waals surface area contributed by atoms with Gasteiger partial charge in [-0.25, -0.2) is 23.0 Å². The molecule has 1 aromatic heterocycles. The highest BCUT2D eigenvalue weighted by molar-refractivity contribution is 7.89. The number of rotatable bonds is 5. The van der Waals surface area contributed by atoms with E-state index in [4.69, 9.17) is 9.88 Å². The second-order valence-electron chi connectivity index (χ2n) is 5.04. The highest BCUT2D eigenvalue weighted by Crippen LogP contribution is 2.21. The minimum atomic E-state index is -3.81. The van der Waals surface area contributed by atoms with Crippen LogP contribution in [-0.2, 0) is 14.8 Å². The van der Waals surface area contributed by atoms with Gasteiger partial charge in [0.1, 0.15) is 0 Å². The van der Waals surface area contributed by atoms with Gasteiger partial charge in [-0.05, 0) is 45.0 Å². The number of benzene rings is 1. The fraction of sp³-hybridized carbons (Fsp3) is 0.267. The standard InChI is InChI=1S/C15H17N3O5S/c1-4-23-15(20)14-13(10(3)19)9(2)18(17-14)11-5-7-12(8-6-11)24(16,21)22/h5-8H,4H2,1-3H3,(H2,16,21,22). The van der Waals surface area contributed by atoms with Gasteiger partial charge in [0.05, 0.1) is 28.4 Å². The maximum Gasteiger partial charge on any atom is 0.359 e. The lowest BCUT2D eigenvalue weighted by molar-refractivity contribution is 0.0516. The molecule has 128 valence electrons. The minimum absolute atomic E-state index is 0.0477. The Hall–Kier alpha value is -2.52. The third kappa shape index (κ3) is 3.36.